The molecular formula is C19H22N2O2. The first-order valence-corrected chi connectivity index (χ1v) is 8.04. The van der Waals surface area contributed by atoms with Gasteiger partial charge in [-0.25, -0.2) is 4.98 Å². The van der Waals surface area contributed by atoms with Crippen molar-refractivity contribution in [2.45, 2.75) is 52.1 Å². The van der Waals surface area contributed by atoms with Gasteiger partial charge in [0.1, 0.15) is 6.61 Å². The molecule has 0 N–H and O–H groups in total. The van der Waals surface area contributed by atoms with Crippen molar-refractivity contribution in [3.05, 3.63) is 53.0 Å². The van der Waals surface area contributed by atoms with E-state index in [1.807, 2.05) is 18.5 Å². The van der Waals surface area contributed by atoms with Crippen LogP contribution in [0.3, 0.4) is 0 Å². The molecule has 0 amide bonds. The summed E-state index contributed by atoms with van der Waals surface area (Å²) < 4.78 is 5.80. The summed E-state index contributed by atoms with van der Waals surface area (Å²) in [6.45, 7) is 6.92. The standard InChI is InChI=1S/C19H22N2O2/c1-19(2,3)14-9-13(10-20-11-14)12-23-18-8-7-15-16(21-18)5-4-6-17(15)22/h7-11H,4-6,12H2,1-3H3. The third-order valence-electron chi connectivity index (χ3n) is 4.11. The first kappa shape index (κ1) is 15.7. The van der Waals surface area contributed by atoms with Gasteiger partial charge in [0.15, 0.2) is 5.78 Å². The molecule has 0 aromatic carbocycles. The van der Waals surface area contributed by atoms with Gasteiger partial charge in [-0.1, -0.05) is 20.8 Å². The van der Waals surface area contributed by atoms with Gasteiger partial charge in [0.05, 0.1) is 5.69 Å². The Bertz CT molecular complexity index is 732. The summed E-state index contributed by atoms with van der Waals surface area (Å²) in [5, 5.41) is 0. The van der Waals surface area contributed by atoms with Crippen LogP contribution in [0.15, 0.2) is 30.6 Å². The summed E-state index contributed by atoms with van der Waals surface area (Å²) >= 11 is 0. The Morgan fingerprint density at radius 2 is 2.00 bits per heavy atom. The van der Waals surface area contributed by atoms with E-state index in [1.165, 1.54) is 5.56 Å². The Hall–Kier alpha value is -2.23. The molecule has 0 bridgehead atoms. The summed E-state index contributed by atoms with van der Waals surface area (Å²) in [4.78, 5) is 20.6. The van der Waals surface area contributed by atoms with Crippen LogP contribution >= 0.6 is 0 Å². The molecule has 2 aromatic rings. The first-order valence-electron chi connectivity index (χ1n) is 8.04. The van der Waals surface area contributed by atoms with Gasteiger partial charge in [0.2, 0.25) is 5.88 Å². The molecule has 2 heterocycles. The lowest BCUT2D eigenvalue weighted by molar-refractivity contribution is 0.0971. The molecule has 0 atom stereocenters. The van der Waals surface area contributed by atoms with Gasteiger partial charge in [-0.3, -0.25) is 9.78 Å². The van der Waals surface area contributed by atoms with Crippen molar-refractivity contribution in [1.82, 2.24) is 9.97 Å². The van der Waals surface area contributed by atoms with E-state index in [2.05, 4.69) is 36.8 Å². The topological polar surface area (TPSA) is 52.1 Å². The number of Topliss-reactive ketones (excluding diaryl/α,β-unsaturated/α-hetero) is 1. The molecule has 1 aliphatic rings. The molecular weight excluding hydrogens is 288 g/mol. The molecule has 0 aliphatic heterocycles. The highest BCUT2D eigenvalue weighted by atomic mass is 16.5. The average molecular weight is 310 g/mol. The van der Waals surface area contributed by atoms with Crippen LogP contribution in [0.25, 0.3) is 0 Å². The van der Waals surface area contributed by atoms with Crippen LogP contribution < -0.4 is 4.74 Å². The minimum absolute atomic E-state index is 0.0629. The number of fused-ring (bicyclic) bond motifs is 1. The quantitative estimate of drug-likeness (QED) is 0.863. The van der Waals surface area contributed by atoms with Crippen LogP contribution in [0.5, 0.6) is 5.88 Å². The van der Waals surface area contributed by atoms with Crippen LogP contribution in [0.2, 0.25) is 0 Å². The van der Waals surface area contributed by atoms with Gasteiger partial charge in [-0.2, -0.15) is 0 Å². The molecule has 2 aromatic heterocycles. The maximum atomic E-state index is 11.8. The number of carbonyl (C=O) groups is 1. The molecule has 4 heteroatoms. The van der Waals surface area contributed by atoms with Gasteiger partial charge >= 0.3 is 0 Å². The van der Waals surface area contributed by atoms with Crippen molar-refractivity contribution in [2.24, 2.45) is 0 Å². The van der Waals surface area contributed by atoms with Crippen molar-refractivity contribution >= 4 is 5.78 Å². The minimum Gasteiger partial charge on any atom is -0.473 e. The fourth-order valence-corrected chi connectivity index (χ4v) is 2.69. The predicted octanol–water partition coefficient (Wildman–Crippen LogP) is 3.87. The molecule has 1 aliphatic carbocycles. The normalized spacial score (nSPS) is 14.5. The maximum Gasteiger partial charge on any atom is 0.213 e. The SMILES string of the molecule is CC(C)(C)c1cncc(COc2ccc3c(n2)CCCC3=O)c1. The smallest absolute Gasteiger partial charge is 0.213 e. The zero-order chi connectivity index (χ0) is 16.4. The lowest BCUT2D eigenvalue weighted by atomic mass is 9.88. The fraction of sp³-hybridized carbons (Fsp3) is 0.421. The van der Waals surface area contributed by atoms with Crippen LogP contribution in [0.1, 0.15) is 60.8 Å². The van der Waals surface area contributed by atoms with E-state index >= 15 is 0 Å². The van der Waals surface area contributed by atoms with Crippen molar-refractivity contribution in [1.29, 1.82) is 0 Å². The highest BCUT2D eigenvalue weighted by Crippen LogP contribution is 2.24. The first-order chi connectivity index (χ1) is 10.9. The summed E-state index contributed by atoms with van der Waals surface area (Å²) in [6.07, 6.45) is 6.06. The summed E-state index contributed by atoms with van der Waals surface area (Å²) in [7, 11) is 0. The fourth-order valence-electron chi connectivity index (χ4n) is 2.69. The Balaban J connectivity index is 1.73. The van der Waals surface area contributed by atoms with Crippen molar-refractivity contribution in [3.63, 3.8) is 0 Å². The zero-order valence-corrected chi connectivity index (χ0v) is 13.9. The summed E-state index contributed by atoms with van der Waals surface area (Å²) in [6, 6.07) is 5.74. The van der Waals surface area contributed by atoms with Crippen LogP contribution in [-0.2, 0) is 18.4 Å². The van der Waals surface area contributed by atoms with E-state index in [0.717, 1.165) is 29.7 Å². The molecule has 0 fully saturated rings. The second-order valence-electron chi connectivity index (χ2n) is 7.04. The number of rotatable bonds is 3. The molecule has 23 heavy (non-hydrogen) atoms. The number of hydrogen-bond donors (Lipinski definition) is 0. The number of ketones is 1. The highest BCUT2D eigenvalue weighted by Gasteiger charge is 2.19. The number of ether oxygens (including phenoxy) is 1. The van der Waals surface area contributed by atoms with Crippen LogP contribution in [-0.4, -0.2) is 15.8 Å². The van der Waals surface area contributed by atoms with E-state index in [9.17, 15) is 4.79 Å². The number of aromatic nitrogens is 2. The second kappa shape index (κ2) is 6.11. The highest BCUT2D eigenvalue weighted by molar-refractivity contribution is 5.98. The van der Waals surface area contributed by atoms with Crippen LogP contribution in [0, 0.1) is 0 Å². The van der Waals surface area contributed by atoms with E-state index in [4.69, 9.17) is 4.74 Å². The largest absolute Gasteiger partial charge is 0.473 e. The monoisotopic (exact) mass is 310 g/mol. The number of carbonyl (C=O) groups excluding carboxylic acids is 1. The number of nitrogens with zero attached hydrogens (tertiary/aromatic N) is 2. The zero-order valence-electron chi connectivity index (χ0n) is 13.9. The van der Waals surface area contributed by atoms with E-state index < -0.39 is 0 Å². The van der Waals surface area contributed by atoms with E-state index in [1.54, 1.807) is 6.07 Å². The predicted molar refractivity (Wildman–Crippen MR) is 88.8 cm³/mol. The van der Waals surface area contributed by atoms with Gasteiger partial charge in [0, 0.05) is 36.0 Å². The minimum atomic E-state index is 0.0629. The van der Waals surface area contributed by atoms with E-state index in [0.29, 0.717) is 18.9 Å². The maximum absolute atomic E-state index is 11.8. The second-order valence-corrected chi connectivity index (χ2v) is 7.04. The Morgan fingerprint density at radius 3 is 2.78 bits per heavy atom. The summed E-state index contributed by atoms with van der Waals surface area (Å²) in [5.74, 6) is 0.756. The van der Waals surface area contributed by atoms with Crippen LogP contribution in [0.4, 0.5) is 0 Å². The van der Waals surface area contributed by atoms with Gasteiger partial charge in [-0.15, -0.1) is 0 Å². The molecule has 0 spiro atoms. The number of hydrogen-bond acceptors (Lipinski definition) is 4. The van der Waals surface area contributed by atoms with Crippen molar-refractivity contribution in [2.75, 3.05) is 0 Å². The van der Waals surface area contributed by atoms with Gasteiger partial charge in [0.25, 0.3) is 0 Å². The van der Waals surface area contributed by atoms with Gasteiger partial charge in [-0.05, 0) is 36.0 Å². The number of pyridine rings is 2. The molecule has 0 saturated heterocycles. The van der Waals surface area contributed by atoms with Gasteiger partial charge < -0.3 is 4.74 Å². The lowest BCUT2D eigenvalue weighted by Crippen LogP contribution is -2.13. The molecule has 0 radical (unpaired) electrons. The average Bonchev–Trinajstić information content (AvgIpc) is 2.52. The molecule has 120 valence electrons. The third-order valence-corrected chi connectivity index (χ3v) is 4.11. The molecule has 0 unspecified atom stereocenters. The molecule has 3 rings (SSSR count). The van der Waals surface area contributed by atoms with E-state index in [-0.39, 0.29) is 11.2 Å². The number of aryl methyl sites for hydroxylation is 1. The van der Waals surface area contributed by atoms with Crippen molar-refractivity contribution in [3.8, 4) is 5.88 Å². The Labute approximate surface area is 136 Å². The molecule has 4 nitrogen and oxygen atoms in total. The van der Waals surface area contributed by atoms with Crippen molar-refractivity contribution < 1.29 is 9.53 Å². The molecule has 0 saturated carbocycles. The third kappa shape index (κ3) is 3.58. The Kier molecular flexibility index (Phi) is 4.16. The lowest BCUT2D eigenvalue weighted by Gasteiger charge is -2.19. The summed E-state index contributed by atoms with van der Waals surface area (Å²) in [5.41, 5.74) is 3.88. The Morgan fingerprint density at radius 1 is 1.17 bits per heavy atom.